The van der Waals surface area contributed by atoms with Crippen molar-refractivity contribution in [2.45, 2.75) is 26.8 Å². The zero-order valence-corrected chi connectivity index (χ0v) is 19.7. The van der Waals surface area contributed by atoms with Crippen LogP contribution in [0.25, 0.3) is 0 Å². The Balaban J connectivity index is 1.55. The number of carbonyl (C=O) groups is 3. The molecule has 0 spiro atoms. The Bertz CT molecular complexity index is 1160. The maximum Gasteiger partial charge on any atom is 0.325 e. The second-order valence-electron chi connectivity index (χ2n) is 7.62. The van der Waals surface area contributed by atoms with E-state index in [0.29, 0.717) is 23.6 Å². The summed E-state index contributed by atoms with van der Waals surface area (Å²) in [7, 11) is 3.19. The molecule has 0 fully saturated rings. The van der Waals surface area contributed by atoms with Crippen molar-refractivity contribution in [1.82, 2.24) is 9.88 Å². The molecule has 3 rings (SSSR count). The lowest BCUT2D eigenvalue weighted by Gasteiger charge is -2.12. The van der Waals surface area contributed by atoms with Gasteiger partial charge in [-0.2, -0.15) is 0 Å². The number of aryl methyl sites for hydroxylation is 2. The van der Waals surface area contributed by atoms with Crippen LogP contribution in [0.3, 0.4) is 0 Å². The second-order valence-corrected chi connectivity index (χ2v) is 7.62. The van der Waals surface area contributed by atoms with Gasteiger partial charge in [0.05, 0.1) is 20.5 Å². The van der Waals surface area contributed by atoms with Gasteiger partial charge in [0.25, 0.3) is 5.91 Å². The van der Waals surface area contributed by atoms with Crippen molar-refractivity contribution in [1.29, 1.82) is 0 Å². The molecular formula is C25H28N2O7. The monoisotopic (exact) mass is 468 g/mol. The minimum Gasteiger partial charge on any atom is -0.493 e. The molecule has 180 valence electrons. The summed E-state index contributed by atoms with van der Waals surface area (Å²) in [5, 5.41) is 2.38. The summed E-state index contributed by atoms with van der Waals surface area (Å²) >= 11 is 0. The number of Topliss-reactive ketones (excluding diaryl/α,β-unsaturated/α-hetero) is 1. The molecule has 2 heterocycles. The van der Waals surface area contributed by atoms with E-state index in [-0.39, 0.29) is 18.1 Å². The first-order valence-electron chi connectivity index (χ1n) is 10.7. The molecule has 9 heteroatoms. The number of furan rings is 1. The van der Waals surface area contributed by atoms with Crippen LogP contribution in [0.2, 0.25) is 0 Å². The lowest BCUT2D eigenvalue weighted by molar-refractivity contribution is -0.141. The molecule has 1 N–H and O–H groups in total. The van der Waals surface area contributed by atoms with Gasteiger partial charge in [-0.3, -0.25) is 14.4 Å². The molecule has 1 aromatic carbocycles. The molecule has 34 heavy (non-hydrogen) atoms. The molecule has 2 aromatic heterocycles. The Morgan fingerprint density at radius 2 is 1.79 bits per heavy atom. The average Bonchev–Trinajstić information content (AvgIpc) is 3.48. The topological polar surface area (TPSA) is 109 Å². The quantitative estimate of drug-likeness (QED) is 0.340. The predicted octanol–water partition coefficient (Wildman–Crippen LogP) is 3.11. The summed E-state index contributed by atoms with van der Waals surface area (Å²) in [5.74, 6) is -0.135. The number of amides is 1. The van der Waals surface area contributed by atoms with Gasteiger partial charge in [-0.15, -0.1) is 0 Å². The molecule has 0 aliphatic heterocycles. The maximum atomic E-state index is 12.7. The number of nitrogens with one attached hydrogen (secondary N) is 1. The van der Waals surface area contributed by atoms with Crippen molar-refractivity contribution in [3.8, 4) is 11.5 Å². The normalized spacial score (nSPS) is 10.6. The highest BCUT2D eigenvalue weighted by Gasteiger charge is 2.18. The molecule has 0 saturated heterocycles. The highest BCUT2D eigenvalue weighted by molar-refractivity contribution is 5.99. The largest absolute Gasteiger partial charge is 0.493 e. The van der Waals surface area contributed by atoms with E-state index in [9.17, 15) is 14.4 Å². The fraction of sp³-hybridized carbons (Fsp3) is 0.320. The van der Waals surface area contributed by atoms with E-state index in [4.69, 9.17) is 18.6 Å². The average molecular weight is 469 g/mol. The molecule has 0 unspecified atom stereocenters. The van der Waals surface area contributed by atoms with Gasteiger partial charge in [-0.1, -0.05) is 6.07 Å². The predicted molar refractivity (Wildman–Crippen MR) is 123 cm³/mol. The summed E-state index contributed by atoms with van der Waals surface area (Å²) in [4.78, 5) is 36.4. The summed E-state index contributed by atoms with van der Waals surface area (Å²) in [6.07, 6.45) is 2.09. The van der Waals surface area contributed by atoms with Gasteiger partial charge in [0, 0.05) is 23.5 Å². The first kappa shape index (κ1) is 24.6. The van der Waals surface area contributed by atoms with Crippen molar-refractivity contribution in [2.75, 3.05) is 27.4 Å². The number of carbonyl (C=O) groups excluding carboxylic acids is 3. The van der Waals surface area contributed by atoms with Crippen LogP contribution in [0.5, 0.6) is 11.5 Å². The first-order chi connectivity index (χ1) is 16.3. The van der Waals surface area contributed by atoms with Gasteiger partial charge in [0.15, 0.2) is 23.9 Å². The van der Waals surface area contributed by atoms with Crippen LogP contribution in [0.1, 0.15) is 37.9 Å². The number of ketones is 1. The number of rotatable bonds is 11. The lowest BCUT2D eigenvalue weighted by atomic mass is 10.1. The van der Waals surface area contributed by atoms with E-state index in [2.05, 4.69) is 9.88 Å². The van der Waals surface area contributed by atoms with Gasteiger partial charge in [0.1, 0.15) is 6.54 Å². The van der Waals surface area contributed by atoms with Crippen molar-refractivity contribution in [3.63, 3.8) is 0 Å². The summed E-state index contributed by atoms with van der Waals surface area (Å²) in [6.45, 7) is 3.68. The van der Waals surface area contributed by atoms with Gasteiger partial charge in [-0.25, -0.2) is 0 Å². The van der Waals surface area contributed by atoms with E-state index in [1.54, 1.807) is 26.4 Å². The van der Waals surface area contributed by atoms with Gasteiger partial charge < -0.3 is 28.5 Å². The number of aromatic nitrogens is 1. The Kier molecular flexibility index (Phi) is 8.13. The molecule has 1 amide bonds. The minimum atomic E-state index is -0.712. The van der Waals surface area contributed by atoms with E-state index in [0.717, 1.165) is 23.4 Å². The van der Waals surface area contributed by atoms with Gasteiger partial charge in [-0.05, 0) is 56.2 Å². The maximum absolute atomic E-state index is 12.7. The van der Waals surface area contributed by atoms with Crippen molar-refractivity contribution in [2.24, 2.45) is 0 Å². The second kappa shape index (κ2) is 11.2. The summed E-state index contributed by atoms with van der Waals surface area (Å²) < 4.78 is 22.7. The molecule has 0 aliphatic carbocycles. The number of methoxy groups -OCH3 is 2. The zero-order valence-electron chi connectivity index (χ0n) is 19.7. The van der Waals surface area contributed by atoms with Gasteiger partial charge >= 0.3 is 5.97 Å². The number of hydrogen-bond acceptors (Lipinski definition) is 7. The van der Waals surface area contributed by atoms with E-state index < -0.39 is 18.5 Å². The van der Waals surface area contributed by atoms with E-state index in [1.165, 1.54) is 12.3 Å². The van der Waals surface area contributed by atoms with E-state index in [1.807, 2.05) is 32.0 Å². The molecule has 0 aliphatic rings. The van der Waals surface area contributed by atoms with Crippen LogP contribution in [0, 0.1) is 13.8 Å². The highest BCUT2D eigenvalue weighted by Crippen LogP contribution is 2.28. The zero-order chi connectivity index (χ0) is 24.7. The molecule has 0 saturated carbocycles. The van der Waals surface area contributed by atoms with E-state index >= 15 is 0 Å². The molecular weight excluding hydrogens is 440 g/mol. The number of benzene rings is 1. The molecule has 0 bridgehead atoms. The minimum absolute atomic E-state index is 0.0874. The first-order valence-corrected chi connectivity index (χ1v) is 10.7. The molecule has 0 radical (unpaired) electrons. The molecule has 0 atom stereocenters. The Morgan fingerprint density at radius 1 is 1.03 bits per heavy atom. The van der Waals surface area contributed by atoms with Crippen LogP contribution in [-0.2, 0) is 22.5 Å². The van der Waals surface area contributed by atoms with Gasteiger partial charge in [0.2, 0.25) is 5.78 Å². The van der Waals surface area contributed by atoms with Crippen LogP contribution in [0.15, 0.2) is 47.1 Å². The standard InChI is InChI=1S/C25H28N2O7/c1-16-12-19(20(28)15-34-24(29)14-26-25(30)22-6-5-11-33-22)17(2)27(16)10-9-18-7-8-21(31-3)23(13-18)32-4/h5-8,11-13H,9-10,14-15H2,1-4H3,(H,26,30). The summed E-state index contributed by atoms with van der Waals surface area (Å²) in [5.41, 5.74) is 3.30. The Morgan fingerprint density at radius 3 is 2.47 bits per heavy atom. The third-order valence-electron chi connectivity index (χ3n) is 5.45. The Hall–Kier alpha value is -4.01. The fourth-order valence-corrected chi connectivity index (χ4v) is 3.63. The third kappa shape index (κ3) is 5.86. The number of ether oxygens (including phenoxy) is 3. The number of esters is 1. The number of hydrogen-bond donors (Lipinski definition) is 1. The van der Waals surface area contributed by atoms with Crippen molar-refractivity contribution < 1.29 is 33.0 Å². The molecule has 9 nitrogen and oxygen atoms in total. The van der Waals surface area contributed by atoms with Crippen molar-refractivity contribution in [3.05, 3.63) is 70.9 Å². The van der Waals surface area contributed by atoms with Crippen LogP contribution in [-0.4, -0.2) is 49.6 Å². The van der Waals surface area contributed by atoms with Crippen LogP contribution >= 0.6 is 0 Å². The summed E-state index contributed by atoms with van der Waals surface area (Å²) in [6, 6.07) is 10.6. The SMILES string of the molecule is COc1ccc(CCn2c(C)cc(C(=O)COC(=O)CNC(=O)c3ccco3)c2C)cc1OC. The highest BCUT2D eigenvalue weighted by atomic mass is 16.5. The Labute approximate surface area is 197 Å². The fourth-order valence-electron chi connectivity index (χ4n) is 3.63. The smallest absolute Gasteiger partial charge is 0.325 e. The third-order valence-corrected chi connectivity index (χ3v) is 5.45. The lowest BCUT2D eigenvalue weighted by Crippen LogP contribution is -2.31. The molecule has 3 aromatic rings. The van der Waals surface area contributed by atoms with Crippen molar-refractivity contribution >= 4 is 17.7 Å². The van der Waals surface area contributed by atoms with Crippen LogP contribution < -0.4 is 14.8 Å². The van der Waals surface area contributed by atoms with Crippen LogP contribution in [0.4, 0.5) is 0 Å². The number of nitrogens with zero attached hydrogens (tertiary/aromatic N) is 1.